The first-order valence-electron chi connectivity index (χ1n) is 7.88. The third-order valence-electron chi connectivity index (χ3n) is 4.93. The Kier molecular flexibility index (Phi) is 3.89. The molecule has 1 aromatic carbocycles. The molecule has 21 heavy (non-hydrogen) atoms. The summed E-state index contributed by atoms with van der Waals surface area (Å²) in [4.78, 5) is 14.6. The number of hydrogen-bond acceptors (Lipinski definition) is 3. The summed E-state index contributed by atoms with van der Waals surface area (Å²) in [6, 6.07) is 7.63. The molecule has 1 fully saturated rings. The standard InChI is InChI=1S/C17H23NO3/c1-13-12-21-15-9-5-4-8-14(15)17(13,16(19)20)18-10-6-2-3-7-11-18/h4-5,8-9,13H,2-3,6-7,10-12H2,1H3,(H,19,20). The van der Waals surface area contributed by atoms with E-state index in [9.17, 15) is 9.90 Å². The van der Waals surface area contributed by atoms with Crippen LogP contribution in [0.4, 0.5) is 0 Å². The number of carboxylic acids is 1. The van der Waals surface area contributed by atoms with Crippen molar-refractivity contribution in [2.75, 3.05) is 19.7 Å². The molecule has 0 aliphatic carbocycles. The molecule has 0 bridgehead atoms. The van der Waals surface area contributed by atoms with Crippen molar-refractivity contribution >= 4 is 5.97 Å². The molecule has 2 unspecified atom stereocenters. The molecule has 1 saturated heterocycles. The van der Waals surface area contributed by atoms with E-state index in [0.717, 1.165) is 37.2 Å². The third-order valence-corrected chi connectivity index (χ3v) is 4.93. The zero-order chi connectivity index (χ0) is 14.9. The topological polar surface area (TPSA) is 49.8 Å². The number of aliphatic carboxylic acids is 1. The molecule has 114 valence electrons. The molecule has 1 aromatic rings. The number of rotatable bonds is 2. The third kappa shape index (κ3) is 2.22. The lowest BCUT2D eigenvalue weighted by molar-refractivity contribution is -0.160. The number of carboxylic acid groups (broad SMARTS) is 1. The zero-order valence-corrected chi connectivity index (χ0v) is 12.5. The van der Waals surface area contributed by atoms with Crippen LogP contribution in [0.1, 0.15) is 38.2 Å². The molecule has 0 amide bonds. The Morgan fingerprint density at radius 3 is 2.57 bits per heavy atom. The van der Waals surface area contributed by atoms with Gasteiger partial charge in [0.25, 0.3) is 0 Å². The first-order chi connectivity index (χ1) is 10.2. The normalized spacial score (nSPS) is 30.0. The van der Waals surface area contributed by atoms with Gasteiger partial charge in [0.05, 0.1) is 6.61 Å². The number of para-hydroxylation sites is 1. The number of likely N-dealkylation sites (tertiary alicyclic amines) is 1. The summed E-state index contributed by atoms with van der Waals surface area (Å²) in [6.45, 7) is 4.16. The van der Waals surface area contributed by atoms with E-state index < -0.39 is 11.5 Å². The molecule has 0 saturated carbocycles. The van der Waals surface area contributed by atoms with Crippen molar-refractivity contribution in [1.29, 1.82) is 0 Å². The molecule has 0 spiro atoms. The van der Waals surface area contributed by atoms with Crippen LogP contribution in [0, 0.1) is 5.92 Å². The van der Waals surface area contributed by atoms with Crippen LogP contribution < -0.4 is 4.74 Å². The molecule has 1 N–H and O–H groups in total. The Bertz CT molecular complexity index is 523. The van der Waals surface area contributed by atoms with Crippen LogP contribution in [0.25, 0.3) is 0 Å². The highest BCUT2D eigenvalue weighted by atomic mass is 16.5. The van der Waals surface area contributed by atoms with E-state index in [1.54, 1.807) is 0 Å². The maximum Gasteiger partial charge on any atom is 0.329 e. The monoisotopic (exact) mass is 289 g/mol. The van der Waals surface area contributed by atoms with Gasteiger partial charge in [-0.05, 0) is 32.0 Å². The van der Waals surface area contributed by atoms with Crippen molar-refractivity contribution in [2.45, 2.75) is 38.1 Å². The first-order valence-corrected chi connectivity index (χ1v) is 7.88. The molecule has 0 radical (unpaired) electrons. The molecular formula is C17H23NO3. The SMILES string of the molecule is CC1COc2ccccc2C1(C(=O)O)N1CCCCCC1. The minimum absolute atomic E-state index is 0.0667. The van der Waals surface area contributed by atoms with Gasteiger partial charge in [-0.3, -0.25) is 4.90 Å². The van der Waals surface area contributed by atoms with Crippen molar-refractivity contribution < 1.29 is 14.6 Å². The minimum Gasteiger partial charge on any atom is -0.493 e. The van der Waals surface area contributed by atoms with Crippen LogP contribution in [-0.2, 0) is 10.3 Å². The fraction of sp³-hybridized carbons (Fsp3) is 0.588. The van der Waals surface area contributed by atoms with Crippen molar-refractivity contribution in [1.82, 2.24) is 4.90 Å². The van der Waals surface area contributed by atoms with E-state index in [1.807, 2.05) is 31.2 Å². The molecule has 4 heteroatoms. The fourth-order valence-electron chi connectivity index (χ4n) is 3.87. The smallest absolute Gasteiger partial charge is 0.329 e. The summed E-state index contributed by atoms with van der Waals surface area (Å²) in [6.07, 6.45) is 4.53. The van der Waals surface area contributed by atoms with E-state index in [2.05, 4.69) is 4.90 Å². The van der Waals surface area contributed by atoms with Crippen LogP contribution in [0.3, 0.4) is 0 Å². The molecule has 2 aliphatic rings. The van der Waals surface area contributed by atoms with Crippen LogP contribution in [-0.4, -0.2) is 35.7 Å². The molecule has 0 aromatic heterocycles. The van der Waals surface area contributed by atoms with E-state index in [1.165, 1.54) is 12.8 Å². The van der Waals surface area contributed by atoms with Gasteiger partial charge in [0.2, 0.25) is 0 Å². The van der Waals surface area contributed by atoms with Gasteiger partial charge in [0.15, 0.2) is 5.54 Å². The second-order valence-corrected chi connectivity index (χ2v) is 6.18. The van der Waals surface area contributed by atoms with Crippen molar-refractivity contribution in [3.63, 3.8) is 0 Å². The summed E-state index contributed by atoms with van der Waals surface area (Å²) in [7, 11) is 0. The lowest BCUT2D eigenvalue weighted by Crippen LogP contribution is -2.59. The summed E-state index contributed by atoms with van der Waals surface area (Å²) < 4.78 is 5.77. The average molecular weight is 289 g/mol. The molecular weight excluding hydrogens is 266 g/mol. The van der Waals surface area contributed by atoms with Crippen LogP contribution in [0.15, 0.2) is 24.3 Å². The highest BCUT2D eigenvalue weighted by Gasteiger charge is 2.53. The number of ether oxygens (including phenoxy) is 1. The van der Waals surface area contributed by atoms with Crippen LogP contribution >= 0.6 is 0 Å². The van der Waals surface area contributed by atoms with Gasteiger partial charge in [-0.25, -0.2) is 4.79 Å². The number of nitrogens with zero attached hydrogens (tertiary/aromatic N) is 1. The van der Waals surface area contributed by atoms with Gasteiger partial charge in [-0.1, -0.05) is 38.0 Å². The molecule has 3 rings (SSSR count). The van der Waals surface area contributed by atoms with Gasteiger partial charge in [0.1, 0.15) is 5.75 Å². The number of hydrogen-bond donors (Lipinski definition) is 1. The first kappa shape index (κ1) is 14.4. The summed E-state index contributed by atoms with van der Waals surface area (Å²) >= 11 is 0. The van der Waals surface area contributed by atoms with Crippen molar-refractivity contribution in [3.05, 3.63) is 29.8 Å². The van der Waals surface area contributed by atoms with Crippen LogP contribution in [0.5, 0.6) is 5.75 Å². The van der Waals surface area contributed by atoms with Gasteiger partial charge in [0, 0.05) is 11.5 Å². The molecule has 2 heterocycles. The quantitative estimate of drug-likeness (QED) is 0.909. The average Bonchev–Trinajstić information content (AvgIpc) is 2.76. The molecule has 2 aliphatic heterocycles. The Balaban J connectivity index is 2.13. The Morgan fingerprint density at radius 2 is 1.90 bits per heavy atom. The van der Waals surface area contributed by atoms with E-state index in [0.29, 0.717) is 6.61 Å². The number of fused-ring (bicyclic) bond motifs is 1. The Labute approximate surface area is 125 Å². The molecule has 2 atom stereocenters. The predicted octanol–water partition coefficient (Wildman–Crippen LogP) is 2.87. The van der Waals surface area contributed by atoms with Gasteiger partial charge >= 0.3 is 5.97 Å². The second kappa shape index (κ2) is 5.68. The number of carbonyl (C=O) groups is 1. The lowest BCUT2D eigenvalue weighted by atomic mass is 9.75. The molecule has 4 nitrogen and oxygen atoms in total. The minimum atomic E-state index is -0.945. The highest BCUT2D eigenvalue weighted by Crippen LogP contribution is 2.45. The van der Waals surface area contributed by atoms with Gasteiger partial charge in [-0.15, -0.1) is 0 Å². The van der Waals surface area contributed by atoms with E-state index >= 15 is 0 Å². The summed E-state index contributed by atoms with van der Waals surface area (Å²) in [5.41, 5.74) is -0.128. The summed E-state index contributed by atoms with van der Waals surface area (Å²) in [5.74, 6) is -0.0853. The Hall–Kier alpha value is -1.55. The van der Waals surface area contributed by atoms with Gasteiger partial charge in [-0.2, -0.15) is 0 Å². The predicted molar refractivity (Wildman–Crippen MR) is 80.5 cm³/mol. The van der Waals surface area contributed by atoms with E-state index in [-0.39, 0.29) is 5.92 Å². The van der Waals surface area contributed by atoms with Crippen molar-refractivity contribution in [3.8, 4) is 5.75 Å². The summed E-state index contributed by atoms with van der Waals surface area (Å²) in [5, 5.41) is 10.2. The largest absolute Gasteiger partial charge is 0.493 e. The maximum absolute atomic E-state index is 12.4. The zero-order valence-electron chi connectivity index (χ0n) is 12.5. The maximum atomic E-state index is 12.4. The second-order valence-electron chi connectivity index (χ2n) is 6.18. The lowest BCUT2D eigenvalue weighted by Gasteiger charge is -2.47. The fourth-order valence-corrected chi connectivity index (χ4v) is 3.87. The van der Waals surface area contributed by atoms with Crippen molar-refractivity contribution in [2.24, 2.45) is 5.92 Å². The van der Waals surface area contributed by atoms with Crippen LogP contribution in [0.2, 0.25) is 0 Å². The highest BCUT2D eigenvalue weighted by molar-refractivity contribution is 5.83. The van der Waals surface area contributed by atoms with E-state index in [4.69, 9.17) is 4.74 Å². The van der Waals surface area contributed by atoms with Gasteiger partial charge < -0.3 is 9.84 Å². The Morgan fingerprint density at radius 1 is 1.24 bits per heavy atom. The number of benzene rings is 1.